The minimum Gasteiger partial charge on any atom is -0.466 e. The fraction of sp³-hybridized carbons (Fsp3) is 0.500. The zero-order valence-electron chi connectivity index (χ0n) is 10.4. The van der Waals surface area contributed by atoms with Crippen LogP contribution in [0.25, 0.3) is 0 Å². The lowest BCUT2D eigenvalue weighted by molar-refractivity contribution is -0.144. The molecular weight excluding hydrogens is 347 g/mol. The van der Waals surface area contributed by atoms with Crippen molar-refractivity contribution in [2.75, 3.05) is 20.2 Å². The average Bonchev–Trinajstić information content (AvgIpc) is 2.68. The van der Waals surface area contributed by atoms with E-state index in [0.29, 0.717) is 25.3 Å². The van der Waals surface area contributed by atoms with Crippen LogP contribution < -0.4 is 0 Å². The van der Waals surface area contributed by atoms with Crippen LogP contribution in [0, 0.1) is 3.57 Å². The van der Waals surface area contributed by atoms with Crippen molar-refractivity contribution in [2.45, 2.75) is 19.4 Å². The van der Waals surface area contributed by atoms with Gasteiger partial charge in [0.2, 0.25) is 0 Å². The number of nitrogens with zero attached hydrogens (tertiary/aromatic N) is 2. The van der Waals surface area contributed by atoms with E-state index in [1.54, 1.807) is 18.9 Å². The van der Waals surface area contributed by atoms with E-state index < -0.39 is 0 Å². The predicted molar refractivity (Wildman–Crippen MR) is 74.4 cm³/mol. The highest BCUT2D eigenvalue weighted by atomic mass is 127. The lowest BCUT2D eigenvalue weighted by Crippen LogP contribution is -2.40. The zero-order chi connectivity index (χ0) is 13.3. The molecule has 2 heterocycles. The summed E-state index contributed by atoms with van der Waals surface area (Å²) in [6, 6.07) is 1.81. The van der Waals surface area contributed by atoms with Gasteiger partial charge in [-0.3, -0.25) is 9.59 Å². The van der Waals surface area contributed by atoms with Gasteiger partial charge in [0.05, 0.1) is 19.1 Å². The number of hydrogen-bond acceptors (Lipinski definition) is 3. The van der Waals surface area contributed by atoms with Gasteiger partial charge < -0.3 is 14.2 Å². The van der Waals surface area contributed by atoms with Gasteiger partial charge in [-0.1, -0.05) is 0 Å². The number of carbonyl (C=O) groups is 2. The van der Waals surface area contributed by atoms with Gasteiger partial charge in [-0.25, -0.2) is 0 Å². The second-order valence-corrected chi connectivity index (χ2v) is 5.55. The second-order valence-electron chi connectivity index (χ2n) is 4.30. The summed E-state index contributed by atoms with van der Waals surface area (Å²) in [7, 11) is 1.75. The molecule has 0 saturated carbocycles. The number of hydrogen-bond donors (Lipinski definition) is 0. The molecule has 6 heteroatoms. The molecule has 0 saturated heterocycles. The van der Waals surface area contributed by atoms with Crippen molar-refractivity contribution < 1.29 is 14.3 Å². The van der Waals surface area contributed by atoms with Crippen LogP contribution in [0.15, 0.2) is 12.3 Å². The first kappa shape index (κ1) is 13.4. The van der Waals surface area contributed by atoms with Crippen LogP contribution in [0.4, 0.5) is 0 Å². The number of rotatable bonds is 3. The minimum absolute atomic E-state index is 0.00183. The van der Waals surface area contributed by atoms with E-state index in [-0.39, 0.29) is 17.9 Å². The largest absolute Gasteiger partial charge is 0.466 e. The van der Waals surface area contributed by atoms with Crippen molar-refractivity contribution in [3.8, 4) is 0 Å². The molecule has 0 aliphatic carbocycles. The van der Waals surface area contributed by atoms with Crippen LogP contribution in [0.3, 0.4) is 0 Å². The molecule has 1 aromatic rings. The third-order valence-electron chi connectivity index (χ3n) is 2.97. The number of likely N-dealkylation sites (N-methyl/N-ethyl adjacent to an activating group) is 1. The van der Waals surface area contributed by atoms with Gasteiger partial charge in [0, 0.05) is 23.4 Å². The summed E-state index contributed by atoms with van der Waals surface area (Å²) in [5.41, 5.74) is 0.641. The van der Waals surface area contributed by atoms with E-state index >= 15 is 0 Å². The molecule has 1 aromatic heterocycles. The summed E-state index contributed by atoms with van der Waals surface area (Å²) in [5, 5.41) is 0. The summed E-state index contributed by atoms with van der Waals surface area (Å²) in [4.78, 5) is 25.2. The Labute approximate surface area is 119 Å². The van der Waals surface area contributed by atoms with Crippen LogP contribution in [0.1, 0.15) is 29.9 Å². The van der Waals surface area contributed by atoms with Crippen molar-refractivity contribution in [2.24, 2.45) is 0 Å². The number of amides is 1. The fourth-order valence-electron chi connectivity index (χ4n) is 2.18. The Morgan fingerprint density at radius 2 is 2.33 bits per heavy atom. The van der Waals surface area contributed by atoms with Crippen molar-refractivity contribution in [1.82, 2.24) is 9.47 Å². The minimum atomic E-state index is -0.222. The van der Waals surface area contributed by atoms with Gasteiger partial charge in [0.15, 0.2) is 0 Å². The topological polar surface area (TPSA) is 51.5 Å². The maximum atomic E-state index is 12.0. The monoisotopic (exact) mass is 362 g/mol. The normalized spacial score (nSPS) is 18.7. The fourth-order valence-corrected chi connectivity index (χ4v) is 2.77. The number of halogens is 1. The Bertz CT molecular complexity index is 484. The molecule has 2 rings (SSSR count). The van der Waals surface area contributed by atoms with E-state index in [1.165, 1.54) is 0 Å². The van der Waals surface area contributed by atoms with Crippen molar-refractivity contribution in [3.05, 3.63) is 21.5 Å². The predicted octanol–water partition coefficient (Wildman–Crippen LogP) is 1.67. The molecule has 1 aliphatic heterocycles. The highest BCUT2D eigenvalue weighted by Crippen LogP contribution is 2.26. The second kappa shape index (κ2) is 5.29. The third-order valence-corrected chi connectivity index (χ3v) is 3.56. The molecule has 5 nitrogen and oxygen atoms in total. The number of carbonyl (C=O) groups excluding carboxylic acids is 2. The van der Waals surface area contributed by atoms with E-state index in [2.05, 4.69) is 22.6 Å². The zero-order valence-corrected chi connectivity index (χ0v) is 12.5. The molecule has 98 valence electrons. The first-order valence-corrected chi connectivity index (χ1v) is 6.89. The maximum absolute atomic E-state index is 12.0. The van der Waals surface area contributed by atoms with Crippen LogP contribution in [0.2, 0.25) is 0 Å². The Kier molecular flexibility index (Phi) is 3.94. The number of ether oxygens (including phenoxy) is 1. The van der Waals surface area contributed by atoms with Crippen molar-refractivity contribution in [1.29, 1.82) is 0 Å². The van der Waals surface area contributed by atoms with Crippen LogP contribution in [0.5, 0.6) is 0 Å². The first-order valence-electron chi connectivity index (χ1n) is 5.81. The lowest BCUT2D eigenvalue weighted by Gasteiger charge is -2.31. The number of aromatic nitrogens is 1. The van der Waals surface area contributed by atoms with E-state index in [4.69, 9.17) is 4.74 Å². The highest BCUT2D eigenvalue weighted by molar-refractivity contribution is 14.1. The van der Waals surface area contributed by atoms with Crippen LogP contribution in [-0.2, 0) is 9.53 Å². The lowest BCUT2D eigenvalue weighted by atomic mass is 10.1. The van der Waals surface area contributed by atoms with E-state index in [0.717, 1.165) is 3.57 Å². The Balaban J connectivity index is 2.24. The molecule has 0 bridgehead atoms. The first-order chi connectivity index (χ1) is 8.52. The van der Waals surface area contributed by atoms with Gasteiger partial charge in [0.25, 0.3) is 5.91 Å². The summed E-state index contributed by atoms with van der Waals surface area (Å²) in [6.45, 7) is 2.71. The molecule has 0 fully saturated rings. The summed E-state index contributed by atoms with van der Waals surface area (Å²) >= 11 is 2.17. The molecule has 0 radical (unpaired) electrons. The van der Waals surface area contributed by atoms with Crippen LogP contribution >= 0.6 is 22.6 Å². The Morgan fingerprint density at radius 3 is 3.00 bits per heavy atom. The maximum Gasteiger partial charge on any atom is 0.307 e. The molecule has 0 N–H and O–H groups in total. The summed E-state index contributed by atoms with van der Waals surface area (Å²) in [5.74, 6) is -0.224. The Hall–Kier alpha value is -1.05. The molecule has 1 aliphatic rings. The number of fused-ring (bicyclic) bond motifs is 1. The van der Waals surface area contributed by atoms with Crippen molar-refractivity contribution in [3.63, 3.8) is 0 Å². The SMILES string of the molecule is CCOC(=O)CC1CN(C)C(=O)c2cc(I)cn21. The molecule has 18 heavy (non-hydrogen) atoms. The molecule has 1 atom stereocenters. The van der Waals surface area contributed by atoms with Gasteiger partial charge in [-0.15, -0.1) is 0 Å². The van der Waals surface area contributed by atoms with Crippen molar-refractivity contribution >= 4 is 34.5 Å². The summed E-state index contributed by atoms with van der Waals surface area (Å²) in [6.07, 6.45) is 2.20. The Morgan fingerprint density at radius 1 is 1.61 bits per heavy atom. The summed E-state index contributed by atoms with van der Waals surface area (Å²) < 4.78 is 7.86. The van der Waals surface area contributed by atoms with E-state index in [9.17, 15) is 9.59 Å². The van der Waals surface area contributed by atoms with E-state index in [1.807, 2.05) is 16.8 Å². The smallest absolute Gasteiger partial charge is 0.307 e. The van der Waals surface area contributed by atoms with Gasteiger partial charge in [-0.2, -0.15) is 0 Å². The molecular formula is C12H15IN2O3. The molecule has 1 unspecified atom stereocenters. The quantitative estimate of drug-likeness (QED) is 0.607. The molecule has 0 spiro atoms. The number of esters is 1. The van der Waals surface area contributed by atoms with Gasteiger partial charge >= 0.3 is 5.97 Å². The highest BCUT2D eigenvalue weighted by Gasteiger charge is 2.30. The van der Waals surface area contributed by atoms with Gasteiger partial charge in [-0.05, 0) is 35.6 Å². The standard InChI is InChI=1S/C12H15IN2O3/c1-3-18-11(16)5-9-7-14(2)12(17)10-4-8(13)6-15(9)10/h4,6,9H,3,5,7H2,1-2H3. The third kappa shape index (κ3) is 2.52. The molecule has 1 amide bonds. The average molecular weight is 362 g/mol. The van der Waals surface area contributed by atoms with Crippen LogP contribution in [-0.4, -0.2) is 41.5 Å². The molecule has 0 aromatic carbocycles. The van der Waals surface area contributed by atoms with Gasteiger partial charge in [0.1, 0.15) is 5.69 Å².